The number of alkyl halides is 3. The second-order valence-corrected chi connectivity index (χ2v) is 10.1. The Bertz CT molecular complexity index is 1050. The van der Waals surface area contributed by atoms with Crippen LogP contribution in [0.25, 0.3) is 0 Å². The Balaban J connectivity index is 2.26. The van der Waals surface area contributed by atoms with Gasteiger partial charge < -0.3 is 19.7 Å². The quantitative estimate of drug-likeness (QED) is 0.251. The summed E-state index contributed by atoms with van der Waals surface area (Å²) in [5, 5.41) is 10.9. The smallest absolute Gasteiger partial charge is 0.417 e. The minimum Gasteiger partial charge on any atom is -0.496 e. The maximum absolute atomic E-state index is 14.2. The first-order valence-corrected chi connectivity index (χ1v) is 12.9. The molecule has 1 aromatic heterocycles. The van der Waals surface area contributed by atoms with Crippen LogP contribution in [0.1, 0.15) is 68.5 Å². The highest BCUT2D eigenvalue weighted by Gasteiger charge is 2.54. The van der Waals surface area contributed by atoms with Gasteiger partial charge in [0.2, 0.25) is 0 Å². The average molecular weight is 573 g/mol. The van der Waals surface area contributed by atoms with Crippen LogP contribution in [0.3, 0.4) is 0 Å². The molecule has 1 heterocycles. The number of hydrogen-bond acceptors (Lipinski definition) is 4. The first-order chi connectivity index (χ1) is 16.8. The third-order valence-corrected chi connectivity index (χ3v) is 6.85. The number of methoxy groups -OCH3 is 1. The van der Waals surface area contributed by atoms with Crippen molar-refractivity contribution >= 4 is 22.1 Å². The van der Waals surface area contributed by atoms with Gasteiger partial charge in [-0.2, -0.15) is 13.2 Å². The molecule has 2 unspecified atom stereocenters. The SMILES string of the molecule is C=C(/N=C\c1[nH]c(CC(O)(CC(C)c2cc(Br)ccc2OC)C(F)(F)F)cc1C)N(CC)CCCC. The van der Waals surface area contributed by atoms with E-state index in [1.54, 1.807) is 44.3 Å². The standard InChI is InChI=1S/C27H37BrF3N3O2/c1-7-9-12-34(8-2)20(5)32-17-24-18(3)13-22(33-24)16-26(35,27(29,30)31)15-19(4)23-14-21(28)10-11-25(23)36-6/h10-11,13-14,17,19,33,35H,5,7-9,12,15-16H2,1-4,6H3/b32-17-. The molecule has 0 aliphatic rings. The van der Waals surface area contributed by atoms with Crippen molar-refractivity contribution in [2.45, 2.75) is 71.1 Å². The minimum atomic E-state index is -4.83. The van der Waals surface area contributed by atoms with E-state index < -0.39 is 30.5 Å². The summed E-state index contributed by atoms with van der Waals surface area (Å²) in [4.78, 5) is 9.49. The Kier molecular flexibility index (Phi) is 10.7. The molecule has 0 aliphatic heterocycles. The lowest BCUT2D eigenvalue weighted by Crippen LogP contribution is -2.48. The molecule has 0 aliphatic carbocycles. The maximum Gasteiger partial charge on any atom is 0.417 e. The number of aryl methyl sites for hydroxylation is 1. The van der Waals surface area contributed by atoms with Gasteiger partial charge in [-0.1, -0.05) is 42.8 Å². The summed E-state index contributed by atoms with van der Waals surface area (Å²) < 4.78 is 48.6. The molecule has 0 saturated carbocycles. The van der Waals surface area contributed by atoms with Crippen molar-refractivity contribution in [3.8, 4) is 5.75 Å². The van der Waals surface area contributed by atoms with E-state index in [-0.39, 0.29) is 5.69 Å². The average Bonchev–Trinajstić information content (AvgIpc) is 3.15. The molecule has 36 heavy (non-hydrogen) atoms. The summed E-state index contributed by atoms with van der Waals surface area (Å²) in [6.07, 6.45) is -2.30. The van der Waals surface area contributed by atoms with Crippen molar-refractivity contribution in [3.63, 3.8) is 0 Å². The zero-order chi connectivity index (χ0) is 27.1. The fourth-order valence-corrected chi connectivity index (χ4v) is 4.60. The van der Waals surface area contributed by atoms with E-state index >= 15 is 0 Å². The fraction of sp³-hybridized carbons (Fsp3) is 0.519. The second kappa shape index (κ2) is 12.8. The van der Waals surface area contributed by atoms with Crippen molar-refractivity contribution in [2.75, 3.05) is 20.2 Å². The molecule has 5 nitrogen and oxygen atoms in total. The lowest BCUT2D eigenvalue weighted by molar-refractivity contribution is -0.263. The molecule has 0 bridgehead atoms. The van der Waals surface area contributed by atoms with Gasteiger partial charge in [0.15, 0.2) is 5.60 Å². The zero-order valence-electron chi connectivity index (χ0n) is 21.7. The molecule has 2 rings (SSSR count). The van der Waals surface area contributed by atoms with Crippen molar-refractivity contribution in [1.82, 2.24) is 9.88 Å². The number of nitrogens with zero attached hydrogens (tertiary/aromatic N) is 2. The Labute approximate surface area is 220 Å². The third kappa shape index (κ3) is 7.62. The van der Waals surface area contributed by atoms with Crippen LogP contribution in [0.15, 0.2) is 46.1 Å². The number of ether oxygens (including phenoxy) is 1. The number of hydrogen-bond donors (Lipinski definition) is 2. The predicted molar refractivity (Wildman–Crippen MR) is 143 cm³/mol. The first-order valence-electron chi connectivity index (χ1n) is 12.1. The van der Waals surface area contributed by atoms with Crippen LogP contribution in [0.2, 0.25) is 0 Å². The number of rotatable bonds is 13. The van der Waals surface area contributed by atoms with E-state index in [9.17, 15) is 18.3 Å². The number of aromatic nitrogens is 1. The Morgan fingerprint density at radius 2 is 2.00 bits per heavy atom. The number of unbranched alkanes of at least 4 members (excludes halogenated alkanes) is 1. The van der Waals surface area contributed by atoms with E-state index in [1.165, 1.54) is 7.11 Å². The number of benzene rings is 1. The van der Waals surface area contributed by atoms with E-state index in [0.29, 0.717) is 22.8 Å². The number of H-pyrrole nitrogens is 1. The number of aliphatic hydroxyl groups is 1. The van der Waals surface area contributed by atoms with Crippen molar-refractivity contribution < 1.29 is 23.0 Å². The topological polar surface area (TPSA) is 60.9 Å². The molecular formula is C27H37BrF3N3O2. The fourth-order valence-electron chi connectivity index (χ4n) is 4.23. The molecular weight excluding hydrogens is 535 g/mol. The van der Waals surface area contributed by atoms with Gasteiger partial charge in [0, 0.05) is 29.7 Å². The van der Waals surface area contributed by atoms with Gasteiger partial charge in [-0.15, -0.1) is 0 Å². The second-order valence-electron chi connectivity index (χ2n) is 9.20. The van der Waals surface area contributed by atoms with Gasteiger partial charge >= 0.3 is 6.18 Å². The minimum absolute atomic E-state index is 0.283. The van der Waals surface area contributed by atoms with E-state index in [1.807, 2.05) is 6.92 Å². The Morgan fingerprint density at radius 3 is 2.58 bits per heavy atom. The summed E-state index contributed by atoms with van der Waals surface area (Å²) >= 11 is 3.36. The van der Waals surface area contributed by atoms with Crippen LogP contribution in [0.4, 0.5) is 13.2 Å². The summed E-state index contributed by atoms with van der Waals surface area (Å²) in [5.41, 5.74) is -0.736. The van der Waals surface area contributed by atoms with Crippen LogP contribution in [-0.2, 0) is 6.42 Å². The zero-order valence-corrected chi connectivity index (χ0v) is 23.3. The lowest BCUT2D eigenvalue weighted by atomic mass is 9.83. The van der Waals surface area contributed by atoms with Gasteiger partial charge in [-0.3, -0.25) is 0 Å². The number of nitrogens with one attached hydrogen (secondary N) is 1. The molecule has 0 fully saturated rings. The molecule has 0 radical (unpaired) electrons. The molecule has 0 spiro atoms. The summed E-state index contributed by atoms with van der Waals surface area (Å²) in [6.45, 7) is 13.2. The predicted octanol–water partition coefficient (Wildman–Crippen LogP) is 7.14. The monoisotopic (exact) mass is 571 g/mol. The van der Waals surface area contributed by atoms with E-state index in [4.69, 9.17) is 4.74 Å². The normalized spacial score (nSPS) is 14.6. The largest absolute Gasteiger partial charge is 0.496 e. The molecule has 200 valence electrons. The number of halogens is 4. The van der Waals surface area contributed by atoms with Crippen LogP contribution in [-0.4, -0.2) is 53.2 Å². The highest BCUT2D eigenvalue weighted by Crippen LogP contribution is 2.42. The highest BCUT2D eigenvalue weighted by molar-refractivity contribution is 9.10. The van der Waals surface area contributed by atoms with Gasteiger partial charge in [0.05, 0.1) is 19.0 Å². The molecule has 9 heteroatoms. The number of aliphatic imine (C=N–C) groups is 1. The molecule has 2 N–H and O–H groups in total. The summed E-state index contributed by atoms with van der Waals surface area (Å²) in [6, 6.07) is 6.80. The molecule has 2 atom stereocenters. The third-order valence-electron chi connectivity index (χ3n) is 6.36. The summed E-state index contributed by atoms with van der Waals surface area (Å²) in [5.74, 6) is 0.461. The molecule has 0 saturated heterocycles. The van der Waals surface area contributed by atoms with Gasteiger partial charge in [0.25, 0.3) is 0 Å². The summed E-state index contributed by atoms with van der Waals surface area (Å²) in [7, 11) is 1.47. The lowest BCUT2D eigenvalue weighted by Gasteiger charge is -2.33. The van der Waals surface area contributed by atoms with Crippen LogP contribution < -0.4 is 4.74 Å². The Hall–Kier alpha value is -2.26. The molecule has 1 aromatic carbocycles. The Morgan fingerprint density at radius 1 is 1.31 bits per heavy atom. The van der Waals surface area contributed by atoms with Crippen LogP contribution >= 0.6 is 15.9 Å². The van der Waals surface area contributed by atoms with Gasteiger partial charge in [-0.25, -0.2) is 4.99 Å². The van der Waals surface area contributed by atoms with Gasteiger partial charge in [-0.05, 0) is 68.0 Å². The van der Waals surface area contributed by atoms with Crippen LogP contribution in [0.5, 0.6) is 5.75 Å². The molecule has 0 amide bonds. The van der Waals surface area contributed by atoms with Crippen LogP contribution in [0, 0.1) is 6.92 Å². The highest BCUT2D eigenvalue weighted by atomic mass is 79.9. The molecule has 2 aromatic rings. The van der Waals surface area contributed by atoms with Crippen molar-refractivity contribution in [2.24, 2.45) is 4.99 Å². The van der Waals surface area contributed by atoms with Crippen molar-refractivity contribution in [3.05, 3.63) is 63.7 Å². The van der Waals surface area contributed by atoms with Gasteiger partial charge in [0.1, 0.15) is 11.6 Å². The maximum atomic E-state index is 14.2. The van der Waals surface area contributed by atoms with E-state index in [0.717, 1.165) is 36.0 Å². The first kappa shape index (κ1) is 30.0. The van der Waals surface area contributed by atoms with E-state index in [2.05, 4.69) is 44.3 Å². The van der Waals surface area contributed by atoms with Crippen molar-refractivity contribution in [1.29, 1.82) is 0 Å². The number of aromatic amines is 1.